The van der Waals surface area contributed by atoms with Gasteiger partial charge in [0.15, 0.2) is 0 Å². The van der Waals surface area contributed by atoms with Crippen LogP contribution in [0, 0.1) is 30.6 Å². The SMILES string of the molecule is COc1nc(N2CCC(C(C)C)CC2)ccc1C(C)CCC(C)C1CCN(c2ccc(C(C)C)c(C)n2)CC1. The zero-order chi connectivity index (χ0) is 28.1. The van der Waals surface area contributed by atoms with Crippen LogP contribution in [0.2, 0.25) is 0 Å². The van der Waals surface area contributed by atoms with E-state index in [1.807, 2.05) is 0 Å². The van der Waals surface area contributed by atoms with Gasteiger partial charge < -0.3 is 14.5 Å². The molecule has 0 amide bonds. The highest BCUT2D eigenvalue weighted by atomic mass is 16.5. The summed E-state index contributed by atoms with van der Waals surface area (Å²) in [5.41, 5.74) is 3.80. The Labute approximate surface area is 238 Å². The average molecular weight is 535 g/mol. The van der Waals surface area contributed by atoms with Crippen LogP contribution in [0.3, 0.4) is 0 Å². The summed E-state index contributed by atoms with van der Waals surface area (Å²) in [4.78, 5) is 14.9. The minimum atomic E-state index is 0.447. The van der Waals surface area contributed by atoms with Crippen molar-refractivity contribution < 1.29 is 4.74 Å². The van der Waals surface area contributed by atoms with Gasteiger partial charge in [0.1, 0.15) is 11.6 Å². The summed E-state index contributed by atoms with van der Waals surface area (Å²) >= 11 is 0. The minimum absolute atomic E-state index is 0.447. The Morgan fingerprint density at radius 2 is 1.28 bits per heavy atom. The Bertz CT molecular complexity index is 1050. The van der Waals surface area contributed by atoms with E-state index in [-0.39, 0.29) is 0 Å². The van der Waals surface area contributed by atoms with Gasteiger partial charge in [-0.15, -0.1) is 0 Å². The zero-order valence-electron chi connectivity index (χ0n) is 26.0. The number of aryl methyl sites for hydroxylation is 1. The molecule has 0 aliphatic carbocycles. The van der Waals surface area contributed by atoms with Gasteiger partial charge in [0, 0.05) is 37.4 Å². The number of rotatable bonds is 10. The first-order valence-corrected chi connectivity index (χ1v) is 15.7. The van der Waals surface area contributed by atoms with Gasteiger partial charge in [-0.05, 0) is 105 Å². The quantitative estimate of drug-likeness (QED) is 0.307. The molecule has 0 radical (unpaired) electrons. The molecule has 2 fully saturated rings. The summed E-state index contributed by atoms with van der Waals surface area (Å²) in [5.74, 6) is 7.17. The molecule has 0 spiro atoms. The lowest BCUT2D eigenvalue weighted by atomic mass is 9.81. The van der Waals surface area contributed by atoms with Crippen LogP contribution < -0.4 is 14.5 Å². The van der Waals surface area contributed by atoms with Gasteiger partial charge in [-0.1, -0.05) is 47.6 Å². The van der Waals surface area contributed by atoms with Gasteiger partial charge in [0.05, 0.1) is 7.11 Å². The highest BCUT2D eigenvalue weighted by Gasteiger charge is 2.27. The second kappa shape index (κ2) is 13.4. The van der Waals surface area contributed by atoms with Crippen molar-refractivity contribution in [3.63, 3.8) is 0 Å². The number of piperidine rings is 2. The van der Waals surface area contributed by atoms with Crippen LogP contribution in [0.4, 0.5) is 11.6 Å². The van der Waals surface area contributed by atoms with Crippen molar-refractivity contribution in [1.29, 1.82) is 0 Å². The maximum atomic E-state index is 5.81. The normalized spacial score (nSPS) is 19.1. The lowest BCUT2D eigenvalue weighted by molar-refractivity contribution is 0.269. The maximum absolute atomic E-state index is 5.81. The second-order valence-electron chi connectivity index (χ2n) is 13.1. The smallest absolute Gasteiger partial charge is 0.218 e. The average Bonchev–Trinajstić information content (AvgIpc) is 2.95. The molecule has 5 heteroatoms. The number of nitrogens with zero attached hydrogens (tertiary/aromatic N) is 4. The van der Waals surface area contributed by atoms with Crippen LogP contribution in [-0.2, 0) is 0 Å². The van der Waals surface area contributed by atoms with Crippen LogP contribution in [0.25, 0.3) is 0 Å². The van der Waals surface area contributed by atoms with E-state index in [0.29, 0.717) is 11.8 Å². The van der Waals surface area contributed by atoms with E-state index < -0.39 is 0 Å². The van der Waals surface area contributed by atoms with E-state index in [2.05, 4.69) is 82.5 Å². The molecule has 2 unspecified atom stereocenters. The number of methoxy groups -OCH3 is 1. The first kappa shape index (κ1) is 29.7. The van der Waals surface area contributed by atoms with Crippen molar-refractivity contribution >= 4 is 11.6 Å². The molecule has 2 aromatic heterocycles. The molecule has 2 aliphatic heterocycles. The van der Waals surface area contributed by atoms with E-state index in [4.69, 9.17) is 14.7 Å². The van der Waals surface area contributed by atoms with Crippen molar-refractivity contribution in [3.8, 4) is 5.88 Å². The summed E-state index contributed by atoms with van der Waals surface area (Å²) < 4.78 is 5.81. The molecule has 39 heavy (non-hydrogen) atoms. The number of ether oxygens (including phenoxy) is 1. The third-order valence-corrected chi connectivity index (χ3v) is 9.86. The van der Waals surface area contributed by atoms with Crippen LogP contribution in [0.15, 0.2) is 24.3 Å². The molecule has 0 bridgehead atoms. The van der Waals surface area contributed by atoms with Gasteiger partial charge in [-0.25, -0.2) is 4.98 Å². The summed E-state index contributed by atoms with van der Waals surface area (Å²) in [6.45, 7) is 20.6. The Morgan fingerprint density at radius 3 is 1.79 bits per heavy atom. The molecule has 0 N–H and O–H groups in total. The van der Waals surface area contributed by atoms with Crippen LogP contribution in [0.1, 0.15) is 109 Å². The predicted molar refractivity (Wildman–Crippen MR) is 165 cm³/mol. The van der Waals surface area contributed by atoms with Gasteiger partial charge >= 0.3 is 0 Å². The fourth-order valence-corrected chi connectivity index (χ4v) is 6.90. The lowest BCUT2D eigenvalue weighted by Gasteiger charge is -2.36. The number of anilines is 2. The molecule has 0 aromatic carbocycles. The van der Waals surface area contributed by atoms with Gasteiger partial charge in [0.2, 0.25) is 5.88 Å². The Balaban J connectivity index is 1.27. The lowest BCUT2D eigenvalue weighted by Crippen LogP contribution is -2.36. The fourth-order valence-electron chi connectivity index (χ4n) is 6.90. The number of pyridine rings is 2. The molecule has 4 heterocycles. The molecule has 2 aliphatic rings. The van der Waals surface area contributed by atoms with Crippen molar-refractivity contribution in [1.82, 2.24) is 9.97 Å². The van der Waals surface area contributed by atoms with Crippen LogP contribution in [-0.4, -0.2) is 43.3 Å². The van der Waals surface area contributed by atoms with Crippen molar-refractivity contribution in [3.05, 3.63) is 41.1 Å². The molecular formula is C34H54N4O. The predicted octanol–water partition coefficient (Wildman–Crippen LogP) is 8.23. The van der Waals surface area contributed by atoms with Crippen molar-refractivity contribution in [2.24, 2.45) is 23.7 Å². The molecular weight excluding hydrogens is 480 g/mol. The van der Waals surface area contributed by atoms with Gasteiger partial charge in [-0.3, -0.25) is 0 Å². The van der Waals surface area contributed by atoms with Gasteiger partial charge in [-0.2, -0.15) is 4.98 Å². The molecule has 2 atom stereocenters. The molecule has 216 valence electrons. The summed E-state index contributed by atoms with van der Waals surface area (Å²) in [6.07, 6.45) is 7.47. The van der Waals surface area contributed by atoms with Crippen molar-refractivity contribution in [2.75, 3.05) is 43.1 Å². The maximum Gasteiger partial charge on any atom is 0.218 e. The van der Waals surface area contributed by atoms with Crippen LogP contribution >= 0.6 is 0 Å². The standard InChI is InChI=1S/C34H54N4O/c1-23(2)28-15-19-38(20-16-28)33-14-12-31(34(36-33)39-8)26(6)10-9-25(5)29-17-21-37(22-18-29)32-13-11-30(24(3)4)27(7)35-32/h11-14,23-26,28-29H,9-10,15-22H2,1-8H3. The number of hydrogen-bond acceptors (Lipinski definition) is 5. The summed E-state index contributed by atoms with van der Waals surface area (Å²) in [6, 6.07) is 9.02. The Kier molecular flexibility index (Phi) is 10.2. The van der Waals surface area contributed by atoms with Crippen molar-refractivity contribution in [2.45, 2.75) is 98.8 Å². The third kappa shape index (κ3) is 7.27. The fraction of sp³-hybridized carbons (Fsp3) is 0.706. The first-order valence-electron chi connectivity index (χ1n) is 15.7. The zero-order valence-corrected chi connectivity index (χ0v) is 26.0. The number of aromatic nitrogens is 2. The molecule has 0 saturated carbocycles. The summed E-state index contributed by atoms with van der Waals surface area (Å²) in [7, 11) is 1.77. The molecule has 4 rings (SSSR count). The van der Waals surface area contributed by atoms with E-state index in [1.165, 1.54) is 55.3 Å². The van der Waals surface area contributed by atoms with E-state index in [0.717, 1.165) is 67.4 Å². The number of hydrogen-bond donors (Lipinski definition) is 0. The molecule has 2 aromatic rings. The highest BCUT2D eigenvalue weighted by molar-refractivity contribution is 5.46. The largest absolute Gasteiger partial charge is 0.481 e. The topological polar surface area (TPSA) is 41.5 Å². The van der Waals surface area contributed by atoms with E-state index in [9.17, 15) is 0 Å². The second-order valence-corrected chi connectivity index (χ2v) is 13.1. The third-order valence-electron chi connectivity index (χ3n) is 9.86. The van der Waals surface area contributed by atoms with Gasteiger partial charge in [0.25, 0.3) is 0 Å². The molecule has 5 nitrogen and oxygen atoms in total. The highest BCUT2D eigenvalue weighted by Crippen LogP contribution is 2.36. The Morgan fingerprint density at radius 1 is 0.744 bits per heavy atom. The molecule has 2 saturated heterocycles. The monoisotopic (exact) mass is 534 g/mol. The Hall–Kier alpha value is -2.30. The van der Waals surface area contributed by atoms with E-state index in [1.54, 1.807) is 7.11 Å². The minimum Gasteiger partial charge on any atom is -0.481 e. The van der Waals surface area contributed by atoms with E-state index >= 15 is 0 Å². The van der Waals surface area contributed by atoms with Crippen LogP contribution in [0.5, 0.6) is 5.88 Å². The first-order chi connectivity index (χ1) is 18.7. The summed E-state index contributed by atoms with van der Waals surface area (Å²) in [5, 5.41) is 0.